The van der Waals surface area contributed by atoms with E-state index in [9.17, 15) is 14.0 Å². The molecule has 1 aliphatic heterocycles. The van der Waals surface area contributed by atoms with Crippen LogP contribution in [0.2, 0.25) is 0 Å². The summed E-state index contributed by atoms with van der Waals surface area (Å²) < 4.78 is 24.1. The SMILES string of the molecule is COc1ccc(OC)c(NC(=O)C2CC(=O)N(CCc3c[nH]c4ccc(F)cc34)C2)c1. The molecule has 1 unspecified atom stereocenters. The van der Waals surface area contributed by atoms with E-state index in [2.05, 4.69) is 10.3 Å². The van der Waals surface area contributed by atoms with E-state index in [1.807, 2.05) is 6.20 Å². The van der Waals surface area contributed by atoms with Gasteiger partial charge >= 0.3 is 0 Å². The lowest BCUT2D eigenvalue weighted by molar-refractivity contribution is -0.128. The zero-order valence-corrected chi connectivity index (χ0v) is 17.4. The van der Waals surface area contributed by atoms with E-state index in [1.54, 1.807) is 36.3 Å². The van der Waals surface area contributed by atoms with Crippen molar-refractivity contribution < 1.29 is 23.5 Å². The van der Waals surface area contributed by atoms with Gasteiger partial charge in [-0.3, -0.25) is 9.59 Å². The minimum absolute atomic E-state index is 0.0659. The molecule has 7 nitrogen and oxygen atoms in total. The van der Waals surface area contributed by atoms with Gasteiger partial charge < -0.3 is 24.7 Å². The highest BCUT2D eigenvalue weighted by atomic mass is 19.1. The number of amides is 2. The Morgan fingerprint density at radius 1 is 1.23 bits per heavy atom. The maximum absolute atomic E-state index is 13.6. The Bertz CT molecular complexity index is 1130. The normalized spacial score (nSPS) is 16.0. The van der Waals surface area contributed by atoms with E-state index in [0.717, 1.165) is 16.5 Å². The lowest BCUT2D eigenvalue weighted by atomic mass is 10.1. The first-order valence-electron chi connectivity index (χ1n) is 10.0. The van der Waals surface area contributed by atoms with E-state index in [1.165, 1.54) is 19.2 Å². The fourth-order valence-electron chi connectivity index (χ4n) is 3.92. The number of halogens is 1. The van der Waals surface area contributed by atoms with E-state index >= 15 is 0 Å². The Kier molecular flexibility index (Phi) is 5.79. The number of benzene rings is 2. The summed E-state index contributed by atoms with van der Waals surface area (Å²) in [6, 6.07) is 9.73. The lowest BCUT2D eigenvalue weighted by Crippen LogP contribution is -2.30. The van der Waals surface area contributed by atoms with Crippen molar-refractivity contribution in [2.24, 2.45) is 5.92 Å². The first-order valence-corrected chi connectivity index (χ1v) is 10.0. The van der Waals surface area contributed by atoms with Crippen molar-refractivity contribution in [1.29, 1.82) is 0 Å². The van der Waals surface area contributed by atoms with Gasteiger partial charge in [0.1, 0.15) is 17.3 Å². The van der Waals surface area contributed by atoms with Crippen LogP contribution >= 0.6 is 0 Å². The highest BCUT2D eigenvalue weighted by Crippen LogP contribution is 2.30. The second-order valence-electron chi connectivity index (χ2n) is 7.55. The number of aromatic amines is 1. The highest BCUT2D eigenvalue weighted by molar-refractivity contribution is 5.98. The van der Waals surface area contributed by atoms with Gasteiger partial charge in [0.15, 0.2) is 0 Å². The van der Waals surface area contributed by atoms with Crippen molar-refractivity contribution in [1.82, 2.24) is 9.88 Å². The molecule has 2 N–H and O–H groups in total. The molecular weight excluding hydrogens is 401 g/mol. The average molecular weight is 425 g/mol. The molecule has 0 bridgehead atoms. The number of H-pyrrole nitrogens is 1. The Balaban J connectivity index is 1.40. The third-order valence-corrected chi connectivity index (χ3v) is 5.63. The van der Waals surface area contributed by atoms with Gasteiger partial charge in [0, 0.05) is 42.7 Å². The number of fused-ring (bicyclic) bond motifs is 1. The summed E-state index contributed by atoms with van der Waals surface area (Å²) in [5.74, 6) is 0.0526. The van der Waals surface area contributed by atoms with Gasteiger partial charge in [0.2, 0.25) is 11.8 Å². The molecule has 0 spiro atoms. The topological polar surface area (TPSA) is 83.7 Å². The summed E-state index contributed by atoms with van der Waals surface area (Å²) in [7, 11) is 3.07. The molecule has 0 saturated carbocycles. The quantitative estimate of drug-likeness (QED) is 0.608. The number of rotatable bonds is 7. The lowest BCUT2D eigenvalue weighted by Gasteiger charge is -2.17. The van der Waals surface area contributed by atoms with Crippen LogP contribution in [0.3, 0.4) is 0 Å². The Hall–Kier alpha value is -3.55. The third kappa shape index (κ3) is 4.33. The van der Waals surface area contributed by atoms with E-state index in [-0.39, 0.29) is 24.1 Å². The molecule has 31 heavy (non-hydrogen) atoms. The summed E-state index contributed by atoms with van der Waals surface area (Å²) in [6.45, 7) is 0.808. The average Bonchev–Trinajstić information content (AvgIpc) is 3.34. The molecule has 2 amide bonds. The van der Waals surface area contributed by atoms with Crippen LogP contribution in [0.1, 0.15) is 12.0 Å². The summed E-state index contributed by atoms with van der Waals surface area (Å²) in [4.78, 5) is 30.1. The number of aromatic nitrogens is 1. The summed E-state index contributed by atoms with van der Waals surface area (Å²) >= 11 is 0. The molecule has 2 aromatic carbocycles. The van der Waals surface area contributed by atoms with Crippen LogP contribution in [-0.4, -0.2) is 49.0 Å². The highest BCUT2D eigenvalue weighted by Gasteiger charge is 2.34. The monoisotopic (exact) mass is 425 g/mol. The fraction of sp³-hybridized carbons (Fsp3) is 0.304. The molecule has 1 aliphatic rings. The molecule has 1 fully saturated rings. The Morgan fingerprint density at radius 2 is 2.06 bits per heavy atom. The van der Waals surface area contributed by atoms with E-state index < -0.39 is 5.92 Å². The molecule has 2 heterocycles. The second-order valence-corrected chi connectivity index (χ2v) is 7.55. The van der Waals surface area contributed by atoms with Crippen molar-refractivity contribution in [3.05, 3.63) is 54.0 Å². The minimum atomic E-state index is -0.455. The van der Waals surface area contributed by atoms with Gasteiger partial charge in [-0.2, -0.15) is 0 Å². The van der Waals surface area contributed by atoms with Crippen LogP contribution in [0.15, 0.2) is 42.6 Å². The predicted molar refractivity (Wildman–Crippen MR) is 115 cm³/mol. The first kappa shape index (κ1) is 20.7. The van der Waals surface area contributed by atoms with Crippen LogP contribution in [0.25, 0.3) is 10.9 Å². The van der Waals surface area contributed by atoms with Crippen LogP contribution in [0, 0.1) is 11.7 Å². The minimum Gasteiger partial charge on any atom is -0.497 e. The number of likely N-dealkylation sites (tertiary alicyclic amines) is 1. The number of nitrogens with one attached hydrogen (secondary N) is 2. The van der Waals surface area contributed by atoms with Crippen molar-refractivity contribution in [2.75, 3.05) is 32.6 Å². The number of anilines is 1. The standard InChI is InChI=1S/C23H24FN3O4/c1-30-17-4-6-21(31-2)20(11-17)26-23(29)15-9-22(28)27(13-15)8-7-14-12-25-19-5-3-16(24)10-18(14)19/h3-6,10-12,15,25H,7-9,13H2,1-2H3,(H,26,29). The van der Waals surface area contributed by atoms with Crippen LogP contribution in [-0.2, 0) is 16.0 Å². The van der Waals surface area contributed by atoms with Crippen molar-refractivity contribution in [3.8, 4) is 11.5 Å². The van der Waals surface area contributed by atoms with Gasteiger partial charge in [-0.25, -0.2) is 4.39 Å². The zero-order valence-electron chi connectivity index (χ0n) is 17.4. The molecule has 1 atom stereocenters. The number of hydrogen-bond acceptors (Lipinski definition) is 4. The van der Waals surface area contributed by atoms with Crippen LogP contribution < -0.4 is 14.8 Å². The molecule has 4 rings (SSSR count). The number of nitrogens with zero attached hydrogens (tertiary/aromatic N) is 1. The summed E-state index contributed by atoms with van der Waals surface area (Å²) in [5, 5.41) is 3.66. The first-order chi connectivity index (χ1) is 15.0. The van der Waals surface area contributed by atoms with Crippen LogP contribution in [0.5, 0.6) is 11.5 Å². The molecule has 3 aromatic rings. The maximum atomic E-state index is 13.6. The van der Waals surface area contributed by atoms with Gasteiger partial charge in [0.25, 0.3) is 0 Å². The number of ether oxygens (including phenoxy) is 2. The smallest absolute Gasteiger partial charge is 0.229 e. The van der Waals surface area contributed by atoms with Gasteiger partial charge in [-0.15, -0.1) is 0 Å². The van der Waals surface area contributed by atoms with Crippen LogP contribution in [0.4, 0.5) is 10.1 Å². The molecule has 1 aromatic heterocycles. The predicted octanol–water partition coefficient (Wildman–Crippen LogP) is 3.35. The van der Waals surface area contributed by atoms with Crippen molar-refractivity contribution in [2.45, 2.75) is 12.8 Å². The number of carbonyl (C=O) groups excluding carboxylic acids is 2. The van der Waals surface area contributed by atoms with Gasteiger partial charge in [0.05, 0.1) is 25.8 Å². The summed E-state index contributed by atoms with van der Waals surface area (Å²) in [5.41, 5.74) is 2.29. The Morgan fingerprint density at radius 3 is 2.84 bits per heavy atom. The van der Waals surface area contributed by atoms with Gasteiger partial charge in [-0.05, 0) is 42.3 Å². The van der Waals surface area contributed by atoms with Crippen molar-refractivity contribution >= 4 is 28.4 Å². The largest absolute Gasteiger partial charge is 0.497 e. The zero-order chi connectivity index (χ0) is 22.0. The van der Waals surface area contributed by atoms with E-state index in [0.29, 0.717) is 36.7 Å². The van der Waals surface area contributed by atoms with Crippen molar-refractivity contribution in [3.63, 3.8) is 0 Å². The second kappa shape index (κ2) is 8.67. The molecular formula is C23H24FN3O4. The molecule has 0 aliphatic carbocycles. The number of carbonyl (C=O) groups is 2. The third-order valence-electron chi connectivity index (χ3n) is 5.63. The van der Waals surface area contributed by atoms with E-state index in [4.69, 9.17) is 9.47 Å². The Labute approximate surface area is 179 Å². The fourth-order valence-corrected chi connectivity index (χ4v) is 3.92. The molecule has 1 saturated heterocycles. The van der Waals surface area contributed by atoms with Gasteiger partial charge in [-0.1, -0.05) is 0 Å². The number of hydrogen-bond donors (Lipinski definition) is 2. The summed E-state index contributed by atoms with van der Waals surface area (Å²) in [6.07, 6.45) is 2.57. The molecule has 8 heteroatoms. The molecule has 0 radical (unpaired) electrons. The maximum Gasteiger partial charge on any atom is 0.229 e. The molecule has 162 valence electrons. The number of methoxy groups -OCH3 is 2.